The van der Waals surface area contributed by atoms with Crippen LogP contribution in [0.4, 0.5) is 15.8 Å². The lowest BCUT2D eigenvalue weighted by molar-refractivity contribution is -0.384. The molecule has 0 saturated heterocycles. The third-order valence-corrected chi connectivity index (χ3v) is 8.25. The number of benzene rings is 3. The van der Waals surface area contributed by atoms with Crippen LogP contribution in [0.2, 0.25) is 5.02 Å². The summed E-state index contributed by atoms with van der Waals surface area (Å²) >= 11 is 6.00. The molecular formula is C33H30ClFN4O4. The van der Waals surface area contributed by atoms with Crippen molar-refractivity contribution >= 4 is 28.8 Å². The fourth-order valence-corrected chi connectivity index (χ4v) is 6.13. The standard InChI is InChI=1S/C33H30ClFN4O4/c1-18-11-19(2)24(12-20(18)17-43-23-8-5-21(34)6-9-23)30-25(16-36)32(37)38(26-10-7-22(35)13-27(26)39(41)42)28-14-33(3,4)15-29(40)31(28)30/h5-13,30H,14-15,17,37H2,1-4H3. The minimum Gasteiger partial charge on any atom is -0.489 e. The van der Waals surface area contributed by atoms with E-state index in [1.165, 1.54) is 11.0 Å². The zero-order valence-corrected chi connectivity index (χ0v) is 25.0. The summed E-state index contributed by atoms with van der Waals surface area (Å²) in [6.45, 7) is 7.97. The highest BCUT2D eigenvalue weighted by atomic mass is 35.5. The molecule has 0 fully saturated rings. The number of ketones is 1. The highest BCUT2D eigenvalue weighted by Crippen LogP contribution is 2.52. The number of nitro benzene ring substituents is 1. The Morgan fingerprint density at radius 2 is 1.84 bits per heavy atom. The molecule has 3 aromatic rings. The van der Waals surface area contributed by atoms with Gasteiger partial charge in [0.05, 0.1) is 28.5 Å². The van der Waals surface area contributed by atoms with Gasteiger partial charge in [0.25, 0.3) is 5.69 Å². The lowest BCUT2D eigenvalue weighted by Gasteiger charge is -2.43. The number of halogens is 2. The normalized spacial score (nSPS) is 17.9. The van der Waals surface area contributed by atoms with E-state index in [9.17, 15) is 24.6 Å². The van der Waals surface area contributed by atoms with Crippen LogP contribution in [-0.2, 0) is 11.4 Å². The van der Waals surface area contributed by atoms with Crippen molar-refractivity contribution in [2.75, 3.05) is 4.90 Å². The molecular weight excluding hydrogens is 571 g/mol. The number of rotatable bonds is 6. The minimum atomic E-state index is -0.797. The zero-order valence-electron chi connectivity index (χ0n) is 24.2. The van der Waals surface area contributed by atoms with Crippen molar-refractivity contribution in [1.29, 1.82) is 5.26 Å². The molecule has 0 aromatic heterocycles. The molecule has 2 N–H and O–H groups in total. The van der Waals surface area contributed by atoms with Crippen LogP contribution in [0.15, 0.2) is 77.3 Å². The van der Waals surface area contributed by atoms with Gasteiger partial charge >= 0.3 is 0 Å². The summed E-state index contributed by atoms with van der Waals surface area (Å²) in [6, 6.07) is 16.3. The molecule has 0 radical (unpaired) electrons. The predicted molar refractivity (Wildman–Crippen MR) is 162 cm³/mol. The number of hydrogen-bond donors (Lipinski definition) is 1. The van der Waals surface area contributed by atoms with E-state index in [0.29, 0.717) is 34.0 Å². The number of anilines is 1. The van der Waals surface area contributed by atoms with Crippen LogP contribution in [0.5, 0.6) is 5.75 Å². The Bertz CT molecular complexity index is 1770. The summed E-state index contributed by atoms with van der Waals surface area (Å²) in [5, 5.41) is 23.1. The molecule has 5 rings (SSSR count). The van der Waals surface area contributed by atoms with E-state index in [2.05, 4.69) is 6.07 Å². The number of nitrogens with zero attached hydrogens (tertiary/aromatic N) is 3. The summed E-state index contributed by atoms with van der Waals surface area (Å²) in [4.78, 5) is 26.7. The molecule has 1 aliphatic heterocycles. The van der Waals surface area contributed by atoms with Crippen LogP contribution in [0.3, 0.4) is 0 Å². The van der Waals surface area contributed by atoms with Crippen LogP contribution >= 0.6 is 11.6 Å². The Balaban J connectivity index is 1.70. The number of Topliss-reactive ketones (excluding diaryl/α,β-unsaturated/α-hetero) is 1. The van der Waals surface area contributed by atoms with Crippen LogP contribution in [-0.4, -0.2) is 10.7 Å². The van der Waals surface area contributed by atoms with Crippen LogP contribution < -0.4 is 15.4 Å². The maximum Gasteiger partial charge on any atom is 0.296 e. The fourth-order valence-electron chi connectivity index (χ4n) is 6.00. The number of nitriles is 1. The SMILES string of the molecule is Cc1cc(C)c(C2C(C#N)=C(N)N(c3ccc(F)cc3[N+](=O)[O-])C3=C2C(=O)CC(C)(C)C3)cc1COc1ccc(Cl)cc1. The molecule has 1 atom stereocenters. The molecule has 3 aromatic carbocycles. The molecule has 0 saturated carbocycles. The lowest BCUT2D eigenvalue weighted by atomic mass is 9.68. The molecule has 2 aliphatic rings. The van der Waals surface area contributed by atoms with Gasteiger partial charge in [-0.25, -0.2) is 4.39 Å². The Kier molecular flexibility index (Phi) is 7.76. The van der Waals surface area contributed by atoms with E-state index in [4.69, 9.17) is 22.1 Å². The lowest BCUT2D eigenvalue weighted by Crippen LogP contribution is -2.42. The van der Waals surface area contributed by atoms with E-state index in [0.717, 1.165) is 28.8 Å². The zero-order chi connectivity index (χ0) is 31.2. The number of allylic oxidation sites excluding steroid dienone is 3. The number of hydrogen-bond acceptors (Lipinski definition) is 7. The van der Waals surface area contributed by atoms with Gasteiger partial charge < -0.3 is 10.5 Å². The summed E-state index contributed by atoms with van der Waals surface area (Å²) in [5.74, 6) is -1.16. The van der Waals surface area contributed by atoms with Crippen molar-refractivity contribution in [2.24, 2.45) is 11.1 Å². The third-order valence-electron chi connectivity index (χ3n) is 8.00. The molecule has 1 aliphatic carbocycles. The monoisotopic (exact) mass is 600 g/mol. The number of nitro groups is 1. The van der Waals surface area contributed by atoms with Gasteiger partial charge in [0, 0.05) is 22.7 Å². The Morgan fingerprint density at radius 1 is 1.14 bits per heavy atom. The first-order valence-corrected chi connectivity index (χ1v) is 14.1. The highest BCUT2D eigenvalue weighted by Gasteiger charge is 2.46. The van der Waals surface area contributed by atoms with E-state index in [1.807, 2.05) is 39.8 Å². The molecule has 0 spiro atoms. The van der Waals surface area contributed by atoms with Gasteiger partial charge in [-0.2, -0.15) is 5.26 Å². The molecule has 0 amide bonds. The maximum absolute atomic E-state index is 14.1. The summed E-state index contributed by atoms with van der Waals surface area (Å²) < 4.78 is 20.1. The van der Waals surface area contributed by atoms with Gasteiger partial charge in [-0.15, -0.1) is 0 Å². The Hall–Kier alpha value is -4.68. The first-order valence-electron chi connectivity index (χ1n) is 13.7. The number of nitrogens with two attached hydrogens (primary N) is 1. The summed E-state index contributed by atoms with van der Waals surface area (Å²) in [6.07, 6.45) is 0.577. The van der Waals surface area contributed by atoms with E-state index >= 15 is 0 Å². The average molecular weight is 601 g/mol. The molecule has 1 unspecified atom stereocenters. The van der Waals surface area contributed by atoms with Crippen LogP contribution in [0, 0.1) is 46.5 Å². The topological polar surface area (TPSA) is 122 Å². The maximum atomic E-state index is 14.1. The predicted octanol–water partition coefficient (Wildman–Crippen LogP) is 7.52. The first kappa shape index (κ1) is 29.8. The van der Waals surface area contributed by atoms with Gasteiger partial charge in [0.15, 0.2) is 5.78 Å². The van der Waals surface area contributed by atoms with Crippen molar-refractivity contribution in [3.63, 3.8) is 0 Å². The number of ether oxygens (including phenoxy) is 1. The second kappa shape index (κ2) is 11.2. The van der Waals surface area contributed by atoms with Gasteiger partial charge in [-0.3, -0.25) is 19.8 Å². The molecule has 10 heteroatoms. The molecule has 1 heterocycles. The number of carbonyl (C=O) groups excluding carboxylic acids is 1. The van der Waals surface area contributed by atoms with Crippen molar-refractivity contribution in [3.05, 3.63) is 120 Å². The second-order valence-corrected chi connectivity index (χ2v) is 12.2. The Morgan fingerprint density at radius 3 is 2.49 bits per heavy atom. The first-order chi connectivity index (χ1) is 20.3. The quantitative estimate of drug-likeness (QED) is 0.229. The third kappa shape index (κ3) is 5.58. The number of aryl methyl sites for hydroxylation is 2. The molecule has 220 valence electrons. The van der Waals surface area contributed by atoms with Crippen LogP contribution in [0.1, 0.15) is 54.9 Å². The van der Waals surface area contributed by atoms with Gasteiger partial charge in [-0.05, 0) is 84.3 Å². The van der Waals surface area contributed by atoms with E-state index in [1.54, 1.807) is 24.3 Å². The van der Waals surface area contributed by atoms with Gasteiger partial charge in [0.2, 0.25) is 0 Å². The van der Waals surface area contributed by atoms with Gasteiger partial charge in [0.1, 0.15) is 29.7 Å². The van der Waals surface area contributed by atoms with Crippen molar-refractivity contribution in [2.45, 2.75) is 53.1 Å². The smallest absolute Gasteiger partial charge is 0.296 e. The molecule has 43 heavy (non-hydrogen) atoms. The van der Waals surface area contributed by atoms with Gasteiger partial charge in [-0.1, -0.05) is 37.6 Å². The summed E-state index contributed by atoms with van der Waals surface area (Å²) in [7, 11) is 0. The van der Waals surface area contributed by atoms with E-state index in [-0.39, 0.29) is 35.9 Å². The molecule has 0 bridgehead atoms. The van der Waals surface area contributed by atoms with E-state index < -0.39 is 27.8 Å². The summed E-state index contributed by atoms with van der Waals surface area (Å²) in [5.41, 5.74) is 9.98. The number of carbonyl (C=O) groups is 1. The second-order valence-electron chi connectivity index (χ2n) is 11.7. The fraction of sp³-hybridized carbons (Fsp3) is 0.273. The highest BCUT2D eigenvalue weighted by molar-refractivity contribution is 6.30. The minimum absolute atomic E-state index is 0.00854. The van der Waals surface area contributed by atoms with Crippen molar-refractivity contribution in [3.8, 4) is 11.8 Å². The van der Waals surface area contributed by atoms with Crippen LogP contribution in [0.25, 0.3) is 0 Å². The Labute approximate surface area is 254 Å². The average Bonchev–Trinajstić information content (AvgIpc) is 2.93. The van der Waals surface area contributed by atoms with Crippen molar-refractivity contribution in [1.82, 2.24) is 0 Å². The molecule has 8 nitrogen and oxygen atoms in total. The van der Waals surface area contributed by atoms with Crippen molar-refractivity contribution < 1.29 is 18.8 Å². The largest absolute Gasteiger partial charge is 0.489 e.